The molecule has 3 heteroatoms. The van der Waals surface area contributed by atoms with Crippen LogP contribution in [0, 0.1) is 0 Å². The highest BCUT2D eigenvalue weighted by Gasteiger charge is 2.22. The molecule has 1 saturated carbocycles. The highest BCUT2D eigenvalue weighted by Crippen LogP contribution is 2.22. The fourth-order valence-electron chi connectivity index (χ4n) is 2.79. The fourth-order valence-corrected chi connectivity index (χ4v) is 3.16. The van der Waals surface area contributed by atoms with Crippen LogP contribution in [0.1, 0.15) is 51.4 Å². The van der Waals surface area contributed by atoms with Crippen molar-refractivity contribution in [1.82, 2.24) is 5.32 Å². The van der Waals surface area contributed by atoms with Crippen LogP contribution in [0.2, 0.25) is 0 Å². The minimum atomic E-state index is 0.340. The molecule has 0 radical (unpaired) electrons. The Labute approximate surface area is 104 Å². The number of ether oxygens (including phenoxy) is 1. The van der Waals surface area contributed by atoms with Crippen molar-refractivity contribution < 1.29 is 4.74 Å². The maximum Gasteiger partial charge on any atom is 0.0588 e. The Morgan fingerprint density at radius 2 is 1.94 bits per heavy atom. The molecule has 94 valence electrons. The zero-order valence-corrected chi connectivity index (χ0v) is 10.8. The van der Waals surface area contributed by atoms with Gasteiger partial charge in [0.05, 0.1) is 6.10 Å². The Morgan fingerprint density at radius 1 is 1.06 bits per heavy atom. The second-order valence-corrected chi connectivity index (χ2v) is 5.70. The molecule has 0 spiro atoms. The first-order valence-electron chi connectivity index (χ1n) is 6.85. The van der Waals surface area contributed by atoms with Gasteiger partial charge >= 0.3 is 0 Å². The monoisotopic (exact) mass is 245 g/mol. The SMILES string of the molecule is ClC1CCCCCC1NCCC1CCCO1. The lowest BCUT2D eigenvalue weighted by atomic mass is 10.1. The molecular weight excluding hydrogens is 222 g/mol. The number of hydrogen-bond acceptors (Lipinski definition) is 2. The summed E-state index contributed by atoms with van der Waals surface area (Å²) in [6, 6.07) is 0.533. The predicted molar refractivity (Wildman–Crippen MR) is 68.1 cm³/mol. The molecule has 1 saturated heterocycles. The summed E-state index contributed by atoms with van der Waals surface area (Å²) in [6.07, 6.45) is 10.6. The van der Waals surface area contributed by atoms with E-state index in [4.69, 9.17) is 16.3 Å². The third-order valence-corrected chi connectivity index (χ3v) is 4.35. The summed E-state index contributed by atoms with van der Waals surface area (Å²) in [6.45, 7) is 2.03. The molecular formula is C13H24ClNO. The van der Waals surface area contributed by atoms with Gasteiger partial charge in [-0.1, -0.05) is 19.3 Å². The molecule has 0 aromatic rings. The van der Waals surface area contributed by atoms with Gasteiger partial charge in [0.25, 0.3) is 0 Å². The third kappa shape index (κ3) is 3.90. The molecule has 2 aliphatic rings. The smallest absolute Gasteiger partial charge is 0.0588 e. The Kier molecular flexibility index (Phi) is 5.40. The van der Waals surface area contributed by atoms with Gasteiger partial charge in [-0.2, -0.15) is 0 Å². The van der Waals surface area contributed by atoms with Crippen molar-refractivity contribution >= 4 is 11.6 Å². The molecule has 2 fully saturated rings. The summed E-state index contributed by atoms with van der Waals surface area (Å²) in [5.41, 5.74) is 0. The summed E-state index contributed by atoms with van der Waals surface area (Å²) in [7, 11) is 0. The highest BCUT2D eigenvalue weighted by atomic mass is 35.5. The lowest BCUT2D eigenvalue weighted by molar-refractivity contribution is 0.103. The van der Waals surface area contributed by atoms with E-state index >= 15 is 0 Å². The van der Waals surface area contributed by atoms with Crippen LogP contribution in [0.15, 0.2) is 0 Å². The van der Waals surface area contributed by atoms with E-state index < -0.39 is 0 Å². The summed E-state index contributed by atoms with van der Waals surface area (Å²) < 4.78 is 5.62. The Hall–Kier alpha value is 0.210. The normalized spacial score (nSPS) is 36.2. The van der Waals surface area contributed by atoms with Gasteiger partial charge in [0.15, 0.2) is 0 Å². The fraction of sp³-hybridized carbons (Fsp3) is 1.00. The predicted octanol–water partition coefficient (Wildman–Crippen LogP) is 3.09. The molecule has 1 aliphatic heterocycles. The van der Waals surface area contributed by atoms with Gasteiger partial charge in [-0.05, 0) is 38.6 Å². The number of hydrogen-bond donors (Lipinski definition) is 1. The van der Waals surface area contributed by atoms with E-state index in [0.29, 0.717) is 17.5 Å². The summed E-state index contributed by atoms with van der Waals surface area (Å²) in [4.78, 5) is 0. The summed E-state index contributed by atoms with van der Waals surface area (Å²) in [5, 5.41) is 3.97. The Bertz CT molecular complexity index is 194. The van der Waals surface area contributed by atoms with Crippen LogP contribution in [0.5, 0.6) is 0 Å². The molecule has 3 atom stereocenters. The highest BCUT2D eigenvalue weighted by molar-refractivity contribution is 6.21. The van der Waals surface area contributed by atoms with E-state index in [-0.39, 0.29) is 0 Å². The second-order valence-electron chi connectivity index (χ2n) is 5.14. The first-order chi connectivity index (χ1) is 7.86. The molecule has 3 unspecified atom stereocenters. The number of nitrogens with one attached hydrogen (secondary N) is 1. The lowest BCUT2D eigenvalue weighted by Crippen LogP contribution is -2.37. The van der Waals surface area contributed by atoms with Crippen LogP contribution in [0.4, 0.5) is 0 Å². The molecule has 2 nitrogen and oxygen atoms in total. The van der Waals surface area contributed by atoms with Crippen LogP contribution < -0.4 is 5.32 Å². The lowest BCUT2D eigenvalue weighted by Gasteiger charge is -2.22. The Morgan fingerprint density at radius 3 is 2.75 bits per heavy atom. The first-order valence-corrected chi connectivity index (χ1v) is 7.29. The van der Waals surface area contributed by atoms with E-state index in [1.807, 2.05) is 0 Å². The van der Waals surface area contributed by atoms with Crippen LogP contribution in [-0.2, 0) is 4.74 Å². The van der Waals surface area contributed by atoms with Crippen molar-refractivity contribution in [3.8, 4) is 0 Å². The van der Waals surface area contributed by atoms with E-state index in [0.717, 1.165) is 19.6 Å². The minimum Gasteiger partial charge on any atom is -0.378 e. The topological polar surface area (TPSA) is 21.3 Å². The summed E-state index contributed by atoms with van der Waals surface area (Å²) in [5.74, 6) is 0. The van der Waals surface area contributed by atoms with Crippen molar-refractivity contribution in [1.29, 1.82) is 0 Å². The van der Waals surface area contributed by atoms with Gasteiger partial charge in [-0.3, -0.25) is 0 Å². The average molecular weight is 246 g/mol. The van der Waals surface area contributed by atoms with Crippen LogP contribution in [0.3, 0.4) is 0 Å². The maximum absolute atomic E-state index is 6.39. The number of alkyl halides is 1. The second kappa shape index (κ2) is 6.83. The van der Waals surface area contributed by atoms with Gasteiger partial charge in [0, 0.05) is 18.0 Å². The molecule has 1 N–H and O–H groups in total. The van der Waals surface area contributed by atoms with Crippen molar-refractivity contribution in [3.63, 3.8) is 0 Å². The molecule has 0 aromatic heterocycles. The standard InChI is InChI=1S/C13H24ClNO/c14-12-6-2-1-3-7-13(12)15-9-8-11-5-4-10-16-11/h11-13,15H,1-10H2. The van der Waals surface area contributed by atoms with Crippen LogP contribution in [0.25, 0.3) is 0 Å². The van der Waals surface area contributed by atoms with E-state index in [1.54, 1.807) is 0 Å². The molecule has 0 aromatic carbocycles. The Balaban J connectivity index is 1.63. The zero-order valence-electron chi connectivity index (χ0n) is 10.1. The van der Waals surface area contributed by atoms with Crippen molar-refractivity contribution in [2.24, 2.45) is 0 Å². The molecule has 0 amide bonds. The van der Waals surface area contributed by atoms with Crippen molar-refractivity contribution in [3.05, 3.63) is 0 Å². The quantitative estimate of drug-likeness (QED) is 0.607. The molecule has 0 bridgehead atoms. The zero-order chi connectivity index (χ0) is 11.2. The summed E-state index contributed by atoms with van der Waals surface area (Å²) >= 11 is 6.39. The van der Waals surface area contributed by atoms with Gasteiger partial charge in [0.1, 0.15) is 0 Å². The van der Waals surface area contributed by atoms with Gasteiger partial charge in [0.2, 0.25) is 0 Å². The van der Waals surface area contributed by atoms with Crippen LogP contribution in [-0.4, -0.2) is 30.7 Å². The van der Waals surface area contributed by atoms with Crippen LogP contribution >= 0.6 is 11.6 Å². The third-order valence-electron chi connectivity index (χ3n) is 3.83. The van der Waals surface area contributed by atoms with Crippen molar-refractivity contribution in [2.45, 2.75) is 68.9 Å². The molecule has 2 rings (SSSR count). The van der Waals surface area contributed by atoms with Gasteiger partial charge in [-0.25, -0.2) is 0 Å². The minimum absolute atomic E-state index is 0.340. The largest absolute Gasteiger partial charge is 0.378 e. The average Bonchev–Trinajstić information content (AvgIpc) is 2.71. The molecule has 1 heterocycles. The first kappa shape index (κ1) is 12.7. The maximum atomic E-state index is 6.39. The van der Waals surface area contributed by atoms with E-state index in [9.17, 15) is 0 Å². The van der Waals surface area contributed by atoms with Gasteiger partial charge < -0.3 is 10.1 Å². The van der Waals surface area contributed by atoms with Crippen molar-refractivity contribution in [2.75, 3.05) is 13.2 Å². The molecule has 16 heavy (non-hydrogen) atoms. The van der Waals surface area contributed by atoms with Gasteiger partial charge in [-0.15, -0.1) is 11.6 Å². The van der Waals surface area contributed by atoms with E-state index in [2.05, 4.69) is 5.32 Å². The molecule has 1 aliphatic carbocycles. The van der Waals surface area contributed by atoms with E-state index in [1.165, 1.54) is 44.9 Å². The number of halogens is 1. The number of rotatable bonds is 4.